The molecule has 0 unspecified atom stereocenters. The Kier molecular flexibility index (Phi) is 5.68. The third-order valence-electron chi connectivity index (χ3n) is 4.99. The van der Waals surface area contributed by atoms with E-state index in [4.69, 9.17) is 4.74 Å². The maximum atomic E-state index is 12.6. The molecular weight excluding hydrogens is 330 g/mol. The van der Waals surface area contributed by atoms with Crippen LogP contribution >= 0.6 is 0 Å². The highest BCUT2D eigenvalue weighted by atomic mass is 16.5. The molecule has 3 rings (SSSR count). The van der Waals surface area contributed by atoms with Gasteiger partial charge in [-0.3, -0.25) is 4.79 Å². The second-order valence-corrected chi connectivity index (χ2v) is 6.51. The van der Waals surface area contributed by atoms with Crippen molar-refractivity contribution in [3.05, 3.63) is 71.3 Å². The summed E-state index contributed by atoms with van der Waals surface area (Å²) < 4.78 is 10.2. The van der Waals surface area contributed by atoms with E-state index >= 15 is 0 Å². The van der Waals surface area contributed by atoms with E-state index < -0.39 is 5.97 Å². The Bertz CT molecular complexity index is 749. The lowest BCUT2D eigenvalue weighted by Gasteiger charge is -2.38. The minimum Gasteiger partial charge on any atom is -0.465 e. The van der Waals surface area contributed by atoms with Gasteiger partial charge in [0.25, 0.3) is 5.91 Å². The standard InChI is InChI=1S/C21H23NO4/c1-25-20(24)17-9-7-16(8-10-17)19(23)22-15-21(11-13-26-14-12-21)18-5-3-2-4-6-18/h2-10H,11-15H2,1H3,(H,22,23). The Morgan fingerprint density at radius 3 is 2.23 bits per heavy atom. The Labute approximate surface area is 153 Å². The SMILES string of the molecule is COC(=O)c1ccc(C(=O)NCC2(c3ccccc3)CCOCC2)cc1. The fourth-order valence-electron chi connectivity index (χ4n) is 3.35. The zero-order valence-corrected chi connectivity index (χ0v) is 14.9. The lowest BCUT2D eigenvalue weighted by molar-refractivity contribution is 0.0487. The molecule has 1 aliphatic rings. The molecule has 5 heteroatoms. The number of rotatable bonds is 5. The number of ether oxygens (including phenoxy) is 2. The van der Waals surface area contributed by atoms with Gasteiger partial charge in [0.1, 0.15) is 0 Å². The summed E-state index contributed by atoms with van der Waals surface area (Å²) in [7, 11) is 1.33. The van der Waals surface area contributed by atoms with E-state index in [-0.39, 0.29) is 11.3 Å². The zero-order chi connectivity index (χ0) is 18.4. The zero-order valence-electron chi connectivity index (χ0n) is 14.9. The number of hydrogen-bond acceptors (Lipinski definition) is 4. The Balaban J connectivity index is 1.71. The smallest absolute Gasteiger partial charge is 0.337 e. The van der Waals surface area contributed by atoms with Crippen molar-refractivity contribution in [2.75, 3.05) is 26.9 Å². The second-order valence-electron chi connectivity index (χ2n) is 6.51. The van der Waals surface area contributed by atoms with Crippen molar-refractivity contribution in [2.45, 2.75) is 18.3 Å². The summed E-state index contributed by atoms with van der Waals surface area (Å²) >= 11 is 0. The number of esters is 1. The lowest BCUT2D eigenvalue weighted by atomic mass is 9.74. The first-order valence-corrected chi connectivity index (χ1v) is 8.74. The van der Waals surface area contributed by atoms with Gasteiger partial charge >= 0.3 is 5.97 Å². The van der Waals surface area contributed by atoms with Gasteiger partial charge in [-0.1, -0.05) is 30.3 Å². The summed E-state index contributed by atoms with van der Waals surface area (Å²) in [6.45, 7) is 1.94. The minimum absolute atomic E-state index is 0.110. The Hall–Kier alpha value is -2.66. The van der Waals surface area contributed by atoms with E-state index in [0.717, 1.165) is 12.8 Å². The first-order valence-electron chi connectivity index (χ1n) is 8.74. The van der Waals surface area contributed by atoms with E-state index in [9.17, 15) is 9.59 Å². The maximum absolute atomic E-state index is 12.6. The molecule has 0 radical (unpaired) electrons. The second kappa shape index (κ2) is 8.15. The van der Waals surface area contributed by atoms with Gasteiger partial charge < -0.3 is 14.8 Å². The molecule has 0 aliphatic carbocycles. The monoisotopic (exact) mass is 353 g/mol. The van der Waals surface area contributed by atoms with Crippen molar-refractivity contribution < 1.29 is 19.1 Å². The molecule has 0 bridgehead atoms. The predicted molar refractivity (Wildman–Crippen MR) is 98.3 cm³/mol. The van der Waals surface area contributed by atoms with E-state index in [1.165, 1.54) is 12.7 Å². The number of nitrogens with one attached hydrogen (secondary N) is 1. The summed E-state index contributed by atoms with van der Waals surface area (Å²) in [5, 5.41) is 3.06. The van der Waals surface area contributed by atoms with E-state index in [2.05, 4.69) is 22.2 Å². The summed E-state index contributed by atoms with van der Waals surface area (Å²) in [6.07, 6.45) is 1.75. The summed E-state index contributed by atoms with van der Waals surface area (Å²) in [5.41, 5.74) is 2.06. The van der Waals surface area contributed by atoms with Crippen LogP contribution in [-0.4, -0.2) is 38.7 Å². The van der Waals surface area contributed by atoms with Crippen molar-refractivity contribution in [1.29, 1.82) is 0 Å². The van der Waals surface area contributed by atoms with Crippen molar-refractivity contribution in [3.8, 4) is 0 Å². The van der Waals surface area contributed by atoms with Gasteiger partial charge in [0, 0.05) is 30.7 Å². The normalized spacial score (nSPS) is 15.9. The summed E-state index contributed by atoms with van der Waals surface area (Å²) in [4.78, 5) is 24.0. The van der Waals surface area contributed by atoms with Gasteiger partial charge in [0.15, 0.2) is 0 Å². The molecule has 136 valence electrons. The topological polar surface area (TPSA) is 64.6 Å². The summed E-state index contributed by atoms with van der Waals surface area (Å²) in [5.74, 6) is -0.564. The number of benzene rings is 2. The van der Waals surface area contributed by atoms with Crippen LogP contribution in [0, 0.1) is 0 Å². The fourth-order valence-corrected chi connectivity index (χ4v) is 3.35. The van der Waals surface area contributed by atoms with Crippen LogP contribution in [0.25, 0.3) is 0 Å². The van der Waals surface area contributed by atoms with Crippen LogP contribution < -0.4 is 5.32 Å². The summed E-state index contributed by atoms with van der Waals surface area (Å²) in [6, 6.07) is 16.8. The molecule has 1 amide bonds. The number of carbonyl (C=O) groups is 2. The highest BCUT2D eigenvalue weighted by Crippen LogP contribution is 2.34. The molecule has 0 spiro atoms. The number of hydrogen-bond donors (Lipinski definition) is 1. The third kappa shape index (κ3) is 3.94. The van der Waals surface area contributed by atoms with Crippen molar-refractivity contribution >= 4 is 11.9 Å². The molecule has 2 aromatic carbocycles. The van der Waals surface area contributed by atoms with Gasteiger partial charge in [0.2, 0.25) is 0 Å². The highest BCUT2D eigenvalue weighted by molar-refractivity contribution is 5.96. The number of carbonyl (C=O) groups excluding carboxylic acids is 2. The van der Waals surface area contributed by atoms with Crippen LogP contribution in [0.5, 0.6) is 0 Å². The first-order chi connectivity index (χ1) is 12.6. The highest BCUT2D eigenvalue weighted by Gasteiger charge is 2.34. The molecule has 1 fully saturated rings. The molecule has 26 heavy (non-hydrogen) atoms. The number of amides is 1. The van der Waals surface area contributed by atoms with Gasteiger partial charge in [-0.05, 0) is 42.7 Å². The lowest BCUT2D eigenvalue weighted by Crippen LogP contribution is -2.44. The van der Waals surface area contributed by atoms with Crippen LogP contribution in [0.2, 0.25) is 0 Å². The largest absolute Gasteiger partial charge is 0.465 e. The van der Waals surface area contributed by atoms with Crippen LogP contribution in [0.1, 0.15) is 39.1 Å². The molecule has 0 atom stereocenters. The van der Waals surface area contributed by atoms with Crippen LogP contribution in [0.4, 0.5) is 0 Å². The van der Waals surface area contributed by atoms with Crippen LogP contribution in [-0.2, 0) is 14.9 Å². The molecule has 5 nitrogen and oxygen atoms in total. The van der Waals surface area contributed by atoms with Gasteiger partial charge in [-0.25, -0.2) is 4.79 Å². The molecule has 1 saturated heterocycles. The van der Waals surface area contributed by atoms with Crippen LogP contribution in [0.3, 0.4) is 0 Å². The van der Waals surface area contributed by atoms with Crippen LogP contribution in [0.15, 0.2) is 54.6 Å². The molecular formula is C21H23NO4. The Morgan fingerprint density at radius 2 is 1.62 bits per heavy atom. The molecule has 0 saturated carbocycles. The van der Waals surface area contributed by atoms with Gasteiger partial charge in [-0.2, -0.15) is 0 Å². The Morgan fingerprint density at radius 1 is 1.00 bits per heavy atom. The van der Waals surface area contributed by atoms with E-state index in [1.54, 1.807) is 24.3 Å². The van der Waals surface area contributed by atoms with Gasteiger partial charge in [-0.15, -0.1) is 0 Å². The van der Waals surface area contributed by atoms with Gasteiger partial charge in [0.05, 0.1) is 12.7 Å². The van der Waals surface area contributed by atoms with Crippen molar-refractivity contribution in [2.24, 2.45) is 0 Å². The van der Waals surface area contributed by atoms with Crippen molar-refractivity contribution in [3.63, 3.8) is 0 Å². The fraction of sp³-hybridized carbons (Fsp3) is 0.333. The molecule has 1 aliphatic heterocycles. The maximum Gasteiger partial charge on any atom is 0.337 e. The van der Waals surface area contributed by atoms with Crippen molar-refractivity contribution in [1.82, 2.24) is 5.32 Å². The quantitative estimate of drug-likeness (QED) is 0.840. The average molecular weight is 353 g/mol. The molecule has 1 heterocycles. The first kappa shape index (κ1) is 18.1. The van der Waals surface area contributed by atoms with E-state index in [0.29, 0.717) is 30.9 Å². The average Bonchev–Trinajstić information content (AvgIpc) is 2.73. The minimum atomic E-state index is -0.415. The predicted octanol–water partition coefficient (Wildman–Crippen LogP) is 2.95. The molecule has 2 aromatic rings. The van der Waals surface area contributed by atoms with E-state index in [1.807, 2.05) is 18.2 Å². The molecule has 0 aromatic heterocycles. The third-order valence-corrected chi connectivity index (χ3v) is 4.99. The number of methoxy groups -OCH3 is 1. The molecule has 1 N–H and O–H groups in total.